The number of Topliss-reactive ketones (excluding diaryl/α,β-unsaturated/α-hetero) is 1. The maximum Gasteiger partial charge on any atom is 0.291 e. The minimum Gasteiger partial charge on any atom is -0.497 e. The minimum absolute atomic E-state index is 0.0100. The first kappa shape index (κ1) is 31.7. The lowest BCUT2D eigenvalue weighted by atomic mass is 9.77. The number of nitrogens with one attached hydrogen (secondary N) is 1. The molecule has 1 fully saturated rings. The van der Waals surface area contributed by atoms with E-state index in [0.717, 1.165) is 18.4 Å². The van der Waals surface area contributed by atoms with Crippen molar-refractivity contribution in [2.24, 2.45) is 10.9 Å². The molecule has 4 unspecified atom stereocenters. The quantitative estimate of drug-likeness (QED) is 0.217. The molecule has 12 heteroatoms. The number of carbonyl (C=O) groups is 2. The van der Waals surface area contributed by atoms with Crippen molar-refractivity contribution >= 4 is 60.5 Å². The van der Waals surface area contributed by atoms with E-state index in [1.165, 1.54) is 0 Å². The van der Waals surface area contributed by atoms with Crippen LogP contribution in [0.25, 0.3) is 5.69 Å². The Kier molecular flexibility index (Phi) is 7.64. The lowest BCUT2D eigenvalue weighted by Gasteiger charge is -2.43. The number of fused-ring (bicyclic) bond motifs is 5. The summed E-state index contributed by atoms with van der Waals surface area (Å²) in [5.41, 5.74) is 4.66. The molecule has 4 atom stereocenters. The van der Waals surface area contributed by atoms with Crippen LogP contribution in [0, 0.1) is 12.8 Å². The number of aryl methyl sites for hydroxylation is 1. The summed E-state index contributed by atoms with van der Waals surface area (Å²) >= 11 is 3.72. The third-order valence-corrected chi connectivity index (χ3v) is 12.5. The first-order chi connectivity index (χ1) is 23.5. The van der Waals surface area contributed by atoms with Crippen LogP contribution < -0.4 is 10.2 Å². The van der Waals surface area contributed by atoms with Gasteiger partial charge in [0.15, 0.2) is 11.6 Å². The number of aromatic nitrogens is 2. The van der Waals surface area contributed by atoms with E-state index >= 15 is 0 Å². The van der Waals surface area contributed by atoms with Crippen molar-refractivity contribution < 1.29 is 22.7 Å². The van der Waals surface area contributed by atoms with Gasteiger partial charge in [-0.15, -0.1) is 0 Å². The van der Waals surface area contributed by atoms with Crippen LogP contribution in [-0.4, -0.2) is 46.7 Å². The minimum atomic E-state index is -3.77. The molecule has 1 N–H and O–H groups in total. The second-order valence-corrected chi connectivity index (χ2v) is 16.5. The Morgan fingerprint density at radius 2 is 1.65 bits per heavy atom. The third-order valence-electron chi connectivity index (χ3n) is 9.93. The van der Waals surface area contributed by atoms with Crippen LogP contribution in [-0.2, 0) is 24.2 Å². The highest BCUT2D eigenvalue weighted by Crippen LogP contribution is 2.50. The number of anilines is 2. The predicted octanol–water partition coefficient (Wildman–Crippen LogP) is 7.10. The highest BCUT2D eigenvalue weighted by atomic mass is 79.9. The number of hydrogen-bond acceptors (Lipinski definition) is 8. The number of rotatable bonds is 5. The van der Waals surface area contributed by atoms with E-state index in [2.05, 4.69) is 35.1 Å². The molecule has 3 aromatic carbocycles. The molecule has 4 heterocycles. The van der Waals surface area contributed by atoms with E-state index < -0.39 is 21.8 Å². The molecule has 0 saturated heterocycles. The van der Waals surface area contributed by atoms with Gasteiger partial charge in [-0.2, -0.15) is 5.10 Å². The Morgan fingerprint density at radius 3 is 2.37 bits per heavy atom. The summed E-state index contributed by atoms with van der Waals surface area (Å²) in [4.78, 5) is 35.3. The van der Waals surface area contributed by atoms with Gasteiger partial charge in [-0.25, -0.2) is 18.1 Å². The third kappa shape index (κ3) is 5.15. The topological polar surface area (TPSA) is 123 Å². The van der Waals surface area contributed by atoms with Gasteiger partial charge in [0.1, 0.15) is 6.10 Å². The summed E-state index contributed by atoms with van der Waals surface area (Å²) < 4.78 is 34.9. The van der Waals surface area contributed by atoms with Crippen LogP contribution in [0.1, 0.15) is 61.9 Å². The summed E-state index contributed by atoms with van der Waals surface area (Å²) in [6, 6.07) is 20.1. The van der Waals surface area contributed by atoms with Gasteiger partial charge in [-0.3, -0.25) is 9.59 Å². The molecule has 10 nitrogen and oxygen atoms in total. The molecule has 49 heavy (non-hydrogen) atoms. The van der Waals surface area contributed by atoms with Crippen LogP contribution in [0.4, 0.5) is 17.2 Å². The summed E-state index contributed by atoms with van der Waals surface area (Å²) in [6.45, 7) is 5.97. The number of para-hydroxylation sites is 2. The Hall–Kier alpha value is -4.55. The van der Waals surface area contributed by atoms with Crippen molar-refractivity contribution in [3.63, 3.8) is 0 Å². The van der Waals surface area contributed by atoms with Crippen LogP contribution in [0.5, 0.6) is 0 Å². The molecule has 1 saturated carbocycles. The number of nitrogens with zero attached hydrogens (tertiary/aromatic N) is 4. The van der Waals surface area contributed by atoms with E-state index in [4.69, 9.17) is 14.8 Å². The molecule has 0 radical (unpaired) electrons. The van der Waals surface area contributed by atoms with E-state index in [1.807, 2.05) is 48.2 Å². The molecule has 3 aliphatic heterocycles. The van der Waals surface area contributed by atoms with Gasteiger partial charge in [-0.05, 0) is 86.2 Å². The second-order valence-electron chi connectivity index (χ2n) is 13.3. The van der Waals surface area contributed by atoms with Crippen LogP contribution in [0.2, 0.25) is 0 Å². The first-order valence-corrected chi connectivity index (χ1v) is 18.8. The van der Waals surface area contributed by atoms with Gasteiger partial charge >= 0.3 is 0 Å². The number of hydrogen-bond donors (Lipinski definition) is 1. The fraction of sp³-hybridized carbons (Fsp3) is 0.297. The van der Waals surface area contributed by atoms with Gasteiger partial charge in [-0.1, -0.05) is 54.0 Å². The first-order valence-electron chi connectivity index (χ1n) is 16.4. The van der Waals surface area contributed by atoms with E-state index in [0.29, 0.717) is 46.1 Å². The van der Waals surface area contributed by atoms with Gasteiger partial charge < -0.3 is 15.0 Å². The number of sulfone groups is 1. The molecule has 4 aromatic rings. The van der Waals surface area contributed by atoms with Crippen LogP contribution >= 0.6 is 15.9 Å². The fourth-order valence-corrected chi connectivity index (χ4v) is 9.24. The average Bonchev–Trinajstić information content (AvgIpc) is 3.44. The Morgan fingerprint density at radius 1 is 0.959 bits per heavy atom. The lowest BCUT2D eigenvalue weighted by Crippen LogP contribution is -2.50. The monoisotopic (exact) mass is 739 g/mol. The number of amidine groups is 1. The number of ketones is 1. The molecule has 0 bridgehead atoms. The summed E-state index contributed by atoms with van der Waals surface area (Å²) in [6.07, 6.45) is 3.75. The maximum absolute atomic E-state index is 14.4. The van der Waals surface area contributed by atoms with Crippen molar-refractivity contribution in [3.05, 3.63) is 101 Å². The van der Waals surface area contributed by atoms with Gasteiger partial charge in [0.05, 0.1) is 56.3 Å². The largest absolute Gasteiger partial charge is 0.497 e. The molecular weight excluding hydrogens is 706 g/mol. The van der Waals surface area contributed by atoms with Crippen LogP contribution in [0.15, 0.2) is 99.4 Å². The number of ether oxygens (including phenoxy) is 1. The zero-order valence-electron chi connectivity index (χ0n) is 27.1. The predicted molar refractivity (Wildman–Crippen MR) is 190 cm³/mol. The van der Waals surface area contributed by atoms with Crippen molar-refractivity contribution in [2.45, 2.75) is 72.7 Å². The summed E-state index contributed by atoms with van der Waals surface area (Å²) in [5, 5.41) is 7.80. The zero-order chi connectivity index (χ0) is 34.2. The van der Waals surface area contributed by atoms with Crippen molar-refractivity contribution in [3.8, 4) is 5.69 Å². The molecule has 4 aliphatic rings. The van der Waals surface area contributed by atoms with Crippen molar-refractivity contribution in [2.75, 3.05) is 10.2 Å². The van der Waals surface area contributed by atoms with Crippen molar-refractivity contribution in [1.82, 2.24) is 9.78 Å². The second kappa shape index (κ2) is 11.8. The summed E-state index contributed by atoms with van der Waals surface area (Å²) in [7, 11) is -3.77. The maximum atomic E-state index is 14.4. The lowest BCUT2D eigenvalue weighted by molar-refractivity contribution is -0.127. The molecule has 1 aliphatic carbocycles. The molecule has 250 valence electrons. The standard InChI is InChI=1S/C37H34BrN5O5S/c1-20(2)22-8-13-25(14-9-22)49(46,47)26-15-11-24(12-16-26)43-35-32(21(3)41-43)33(28-19-48-31-17-10-23(38)18-27(31)34(28)44)42-30-7-5-4-6-29(30)39-37(45)36(42)40-35/h4-9,11-16,19-20,23,27,31,33H,10,17-18H2,1-3H3,(H,39,45). The van der Waals surface area contributed by atoms with Crippen molar-refractivity contribution in [1.29, 1.82) is 0 Å². The van der Waals surface area contributed by atoms with Crippen LogP contribution in [0.3, 0.4) is 0 Å². The highest BCUT2D eigenvalue weighted by molar-refractivity contribution is 9.09. The van der Waals surface area contributed by atoms with Gasteiger partial charge in [0, 0.05) is 10.4 Å². The van der Waals surface area contributed by atoms with Gasteiger partial charge in [0.25, 0.3) is 5.91 Å². The number of carbonyl (C=O) groups excluding carboxylic acids is 2. The molecule has 0 spiro atoms. The van der Waals surface area contributed by atoms with E-state index in [-0.39, 0.29) is 44.2 Å². The highest BCUT2D eigenvalue weighted by Gasteiger charge is 2.49. The van der Waals surface area contributed by atoms with E-state index in [1.54, 1.807) is 47.3 Å². The summed E-state index contributed by atoms with van der Waals surface area (Å²) in [5.74, 6) is 0.0641. The fourth-order valence-electron chi connectivity index (χ4n) is 7.31. The normalized spacial score (nSPS) is 23.0. The molecule has 1 amide bonds. The molecule has 1 aromatic heterocycles. The Balaban J connectivity index is 1.24. The molecular formula is C37H34BrN5O5S. The number of alkyl halides is 1. The van der Waals surface area contributed by atoms with Gasteiger partial charge in [0.2, 0.25) is 15.7 Å². The average molecular weight is 741 g/mol. The zero-order valence-corrected chi connectivity index (χ0v) is 29.5. The Labute approximate surface area is 292 Å². The Bertz CT molecular complexity index is 2190. The number of aliphatic imine (C=N–C) groups is 1. The SMILES string of the molecule is Cc1nn(-c2ccc(S(=O)(=O)c3ccc(C(C)C)cc3)cc2)c2c1C(C1=COC3CCC(Br)CC3C1=O)N1C(=N2)C(=O)Nc2ccccc21. The smallest absolute Gasteiger partial charge is 0.291 e. The molecule has 8 rings (SSSR count). The van der Waals surface area contributed by atoms with E-state index in [9.17, 15) is 18.0 Å². The number of amides is 1. The number of halogens is 1. The number of benzene rings is 3.